The molecule has 2 rings (SSSR count). The Balaban J connectivity index is 2.16. The van der Waals surface area contributed by atoms with E-state index in [-0.39, 0.29) is 5.91 Å². The number of carbonyl (C=O) groups is 2. The summed E-state index contributed by atoms with van der Waals surface area (Å²) in [5.74, 6) is -0.790. The summed E-state index contributed by atoms with van der Waals surface area (Å²) >= 11 is 1.47. The van der Waals surface area contributed by atoms with Crippen LogP contribution >= 0.6 is 11.3 Å². The van der Waals surface area contributed by atoms with Crippen LogP contribution in [-0.4, -0.2) is 22.8 Å². The summed E-state index contributed by atoms with van der Waals surface area (Å²) in [6, 6.07) is 4.64. The van der Waals surface area contributed by atoms with Crippen LogP contribution in [0.4, 0.5) is 0 Å². The first-order valence-electron chi connectivity index (χ1n) is 6.05. The number of aromatic nitrogens is 1. The van der Waals surface area contributed by atoms with Gasteiger partial charge in [-0.05, 0) is 24.6 Å². The molecule has 2 aromatic rings. The van der Waals surface area contributed by atoms with E-state index in [9.17, 15) is 9.59 Å². The van der Waals surface area contributed by atoms with Crippen LogP contribution < -0.4 is 11.1 Å². The Morgan fingerprint density at radius 2 is 2.26 bits per heavy atom. The molecule has 0 saturated heterocycles. The molecular formula is C13H15N3O2S. The molecule has 2 amide bonds. The van der Waals surface area contributed by atoms with Crippen LogP contribution in [0.15, 0.2) is 23.7 Å². The number of nitrogens with two attached hydrogens (primary N) is 1. The number of benzene rings is 1. The minimum absolute atomic E-state index is 0.285. The molecule has 0 radical (unpaired) electrons. The van der Waals surface area contributed by atoms with Crippen molar-refractivity contribution in [3.63, 3.8) is 0 Å². The van der Waals surface area contributed by atoms with Crippen LogP contribution in [0.2, 0.25) is 0 Å². The first-order valence-corrected chi connectivity index (χ1v) is 6.93. The number of fused-ring (bicyclic) bond motifs is 1. The van der Waals surface area contributed by atoms with Crippen LogP contribution in [0, 0.1) is 0 Å². The number of hydrogen-bond donors (Lipinski definition) is 2. The van der Waals surface area contributed by atoms with E-state index in [1.165, 1.54) is 11.3 Å². The van der Waals surface area contributed by atoms with Crippen molar-refractivity contribution in [2.75, 3.05) is 0 Å². The SMILES string of the molecule is CCCC(NC(=O)c1ccc2ncsc2c1)C(N)=O. The molecular weight excluding hydrogens is 262 g/mol. The van der Waals surface area contributed by atoms with E-state index < -0.39 is 11.9 Å². The summed E-state index contributed by atoms with van der Waals surface area (Å²) in [5.41, 5.74) is 8.37. The maximum absolute atomic E-state index is 12.1. The highest BCUT2D eigenvalue weighted by Crippen LogP contribution is 2.19. The third kappa shape index (κ3) is 3.08. The highest BCUT2D eigenvalue weighted by atomic mass is 32.1. The summed E-state index contributed by atoms with van der Waals surface area (Å²) in [6.45, 7) is 1.94. The quantitative estimate of drug-likeness (QED) is 0.872. The molecule has 0 aliphatic rings. The molecule has 19 heavy (non-hydrogen) atoms. The summed E-state index contributed by atoms with van der Waals surface area (Å²) in [6.07, 6.45) is 1.33. The second-order valence-electron chi connectivity index (χ2n) is 4.25. The van der Waals surface area contributed by atoms with E-state index in [0.29, 0.717) is 12.0 Å². The van der Waals surface area contributed by atoms with Crippen molar-refractivity contribution < 1.29 is 9.59 Å². The van der Waals surface area contributed by atoms with Gasteiger partial charge in [0.2, 0.25) is 5.91 Å². The molecule has 0 saturated carbocycles. The van der Waals surface area contributed by atoms with E-state index in [1.54, 1.807) is 23.7 Å². The van der Waals surface area contributed by atoms with Crippen molar-refractivity contribution in [2.45, 2.75) is 25.8 Å². The predicted octanol–water partition coefficient (Wildman–Crippen LogP) is 1.68. The van der Waals surface area contributed by atoms with Crippen LogP contribution in [0.25, 0.3) is 10.2 Å². The molecule has 5 nitrogen and oxygen atoms in total. The summed E-state index contributed by atoms with van der Waals surface area (Å²) in [5, 5.41) is 2.66. The molecule has 0 bridgehead atoms. The molecule has 1 heterocycles. The van der Waals surface area contributed by atoms with Crippen molar-refractivity contribution >= 4 is 33.4 Å². The smallest absolute Gasteiger partial charge is 0.251 e. The van der Waals surface area contributed by atoms with Gasteiger partial charge in [-0.3, -0.25) is 9.59 Å². The van der Waals surface area contributed by atoms with Gasteiger partial charge in [0.05, 0.1) is 15.7 Å². The third-order valence-electron chi connectivity index (χ3n) is 2.82. The fourth-order valence-electron chi connectivity index (χ4n) is 1.81. The normalized spacial score (nSPS) is 12.3. The maximum atomic E-state index is 12.1. The minimum atomic E-state index is -0.616. The number of primary amides is 1. The van der Waals surface area contributed by atoms with Gasteiger partial charge in [-0.15, -0.1) is 11.3 Å². The Bertz CT molecular complexity index is 609. The van der Waals surface area contributed by atoms with E-state index in [1.807, 2.05) is 6.92 Å². The molecule has 0 aliphatic heterocycles. The summed E-state index contributed by atoms with van der Waals surface area (Å²) < 4.78 is 0.943. The fourth-order valence-corrected chi connectivity index (χ4v) is 2.53. The number of thiazole rings is 1. The Kier molecular flexibility index (Phi) is 4.11. The van der Waals surface area contributed by atoms with E-state index in [4.69, 9.17) is 5.73 Å². The lowest BCUT2D eigenvalue weighted by Crippen LogP contribution is -2.44. The van der Waals surface area contributed by atoms with Gasteiger partial charge >= 0.3 is 0 Å². The molecule has 1 aromatic carbocycles. The van der Waals surface area contributed by atoms with E-state index in [2.05, 4.69) is 10.3 Å². The van der Waals surface area contributed by atoms with Crippen LogP contribution in [0.3, 0.4) is 0 Å². The summed E-state index contributed by atoms with van der Waals surface area (Å²) in [7, 11) is 0. The van der Waals surface area contributed by atoms with E-state index in [0.717, 1.165) is 16.6 Å². The first-order chi connectivity index (χ1) is 9.11. The number of nitrogens with zero attached hydrogens (tertiary/aromatic N) is 1. The lowest BCUT2D eigenvalue weighted by molar-refractivity contribution is -0.120. The van der Waals surface area contributed by atoms with Crippen molar-refractivity contribution in [1.29, 1.82) is 0 Å². The molecule has 0 aliphatic carbocycles. The lowest BCUT2D eigenvalue weighted by Gasteiger charge is -2.14. The van der Waals surface area contributed by atoms with Crippen LogP contribution in [-0.2, 0) is 4.79 Å². The van der Waals surface area contributed by atoms with Gasteiger partial charge in [-0.25, -0.2) is 4.98 Å². The monoisotopic (exact) mass is 277 g/mol. The average Bonchev–Trinajstić information content (AvgIpc) is 2.85. The zero-order valence-electron chi connectivity index (χ0n) is 10.6. The van der Waals surface area contributed by atoms with Crippen molar-refractivity contribution in [3.8, 4) is 0 Å². The van der Waals surface area contributed by atoms with Crippen LogP contribution in [0.5, 0.6) is 0 Å². The lowest BCUT2D eigenvalue weighted by atomic mass is 10.1. The topological polar surface area (TPSA) is 85.1 Å². The van der Waals surface area contributed by atoms with Gasteiger partial charge in [0.1, 0.15) is 6.04 Å². The Morgan fingerprint density at radius 3 is 2.95 bits per heavy atom. The van der Waals surface area contributed by atoms with Crippen LogP contribution in [0.1, 0.15) is 30.1 Å². The van der Waals surface area contributed by atoms with Crippen molar-refractivity contribution in [2.24, 2.45) is 5.73 Å². The van der Waals surface area contributed by atoms with Gasteiger partial charge in [-0.1, -0.05) is 13.3 Å². The van der Waals surface area contributed by atoms with Gasteiger partial charge in [0, 0.05) is 5.56 Å². The Labute approximate surface area is 114 Å². The molecule has 1 atom stereocenters. The number of amides is 2. The zero-order chi connectivity index (χ0) is 13.8. The van der Waals surface area contributed by atoms with Crippen molar-refractivity contribution in [3.05, 3.63) is 29.3 Å². The molecule has 3 N–H and O–H groups in total. The summed E-state index contributed by atoms with van der Waals surface area (Å²) in [4.78, 5) is 27.4. The van der Waals surface area contributed by atoms with Gasteiger partial charge < -0.3 is 11.1 Å². The Hall–Kier alpha value is -1.95. The molecule has 100 valence electrons. The molecule has 1 unspecified atom stereocenters. The average molecular weight is 277 g/mol. The highest BCUT2D eigenvalue weighted by Gasteiger charge is 2.18. The number of carbonyl (C=O) groups excluding carboxylic acids is 2. The molecule has 1 aromatic heterocycles. The second kappa shape index (κ2) is 5.79. The molecule has 0 fully saturated rings. The number of rotatable bonds is 5. The second-order valence-corrected chi connectivity index (χ2v) is 5.14. The van der Waals surface area contributed by atoms with Gasteiger partial charge in [0.15, 0.2) is 0 Å². The third-order valence-corrected chi connectivity index (χ3v) is 3.61. The van der Waals surface area contributed by atoms with E-state index >= 15 is 0 Å². The standard InChI is InChI=1S/C13H15N3O2S/c1-2-3-10(12(14)17)16-13(18)8-4-5-9-11(6-8)19-7-15-9/h4-7,10H,2-3H2,1H3,(H2,14,17)(H,16,18). The number of hydrogen-bond acceptors (Lipinski definition) is 4. The van der Waals surface area contributed by atoms with Crippen molar-refractivity contribution in [1.82, 2.24) is 10.3 Å². The molecule has 0 spiro atoms. The fraction of sp³-hybridized carbons (Fsp3) is 0.308. The first kappa shape index (κ1) is 13.5. The van der Waals surface area contributed by atoms with Gasteiger partial charge in [0.25, 0.3) is 5.91 Å². The predicted molar refractivity (Wildman–Crippen MR) is 75.0 cm³/mol. The maximum Gasteiger partial charge on any atom is 0.251 e. The highest BCUT2D eigenvalue weighted by molar-refractivity contribution is 7.16. The molecule has 6 heteroatoms. The minimum Gasteiger partial charge on any atom is -0.368 e. The largest absolute Gasteiger partial charge is 0.368 e. The van der Waals surface area contributed by atoms with Gasteiger partial charge in [-0.2, -0.15) is 0 Å². The number of nitrogens with one attached hydrogen (secondary N) is 1. The Morgan fingerprint density at radius 1 is 1.47 bits per heavy atom. The zero-order valence-corrected chi connectivity index (χ0v) is 11.4.